The molecule has 0 aliphatic carbocycles. The van der Waals surface area contributed by atoms with Gasteiger partial charge in [0.1, 0.15) is 5.75 Å². The molecule has 1 aromatic carbocycles. The number of unbranched alkanes of at least 4 members (excludes halogenated alkanes) is 1. The van der Waals surface area contributed by atoms with Crippen molar-refractivity contribution in [2.75, 3.05) is 13.7 Å². The van der Waals surface area contributed by atoms with Gasteiger partial charge in [0.05, 0.1) is 19.8 Å². The molecular weight excluding hydrogens is 230 g/mol. The molecule has 0 saturated carbocycles. The molecule has 1 atom stereocenters. The van der Waals surface area contributed by atoms with E-state index >= 15 is 0 Å². The number of ether oxygens (including phenoxy) is 2. The number of rotatable bonds is 6. The second kappa shape index (κ2) is 7.58. The number of alkyl carbamates (subject to hydrolysis) is 1. The summed E-state index contributed by atoms with van der Waals surface area (Å²) in [7, 11) is 1.63. The van der Waals surface area contributed by atoms with E-state index in [1.54, 1.807) is 7.11 Å². The Bertz CT molecular complexity index is 362. The highest BCUT2D eigenvalue weighted by molar-refractivity contribution is 5.67. The molecule has 0 bridgehead atoms. The molecule has 0 fully saturated rings. The fourth-order valence-corrected chi connectivity index (χ4v) is 1.50. The lowest BCUT2D eigenvalue weighted by Gasteiger charge is -2.14. The van der Waals surface area contributed by atoms with Gasteiger partial charge in [-0.2, -0.15) is 0 Å². The molecule has 0 aliphatic rings. The Balaban J connectivity index is 2.43. The summed E-state index contributed by atoms with van der Waals surface area (Å²) in [4.78, 5) is 11.5. The van der Waals surface area contributed by atoms with Crippen molar-refractivity contribution in [2.24, 2.45) is 0 Å². The molecule has 1 amide bonds. The van der Waals surface area contributed by atoms with E-state index in [1.165, 1.54) is 0 Å². The monoisotopic (exact) mass is 251 g/mol. The Morgan fingerprint density at radius 2 is 2.00 bits per heavy atom. The molecular formula is C14H21NO3. The van der Waals surface area contributed by atoms with Crippen LogP contribution in [0.15, 0.2) is 24.3 Å². The predicted molar refractivity (Wildman–Crippen MR) is 70.8 cm³/mol. The van der Waals surface area contributed by atoms with Crippen molar-refractivity contribution in [2.45, 2.75) is 32.7 Å². The van der Waals surface area contributed by atoms with Gasteiger partial charge in [0.25, 0.3) is 0 Å². The van der Waals surface area contributed by atoms with Crippen molar-refractivity contribution in [1.82, 2.24) is 5.32 Å². The molecule has 0 saturated heterocycles. The molecule has 18 heavy (non-hydrogen) atoms. The summed E-state index contributed by atoms with van der Waals surface area (Å²) in [5.41, 5.74) is 1.02. The van der Waals surface area contributed by atoms with Crippen molar-refractivity contribution in [3.8, 4) is 5.75 Å². The molecule has 1 aromatic rings. The summed E-state index contributed by atoms with van der Waals surface area (Å²) in [5.74, 6) is 0.802. The summed E-state index contributed by atoms with van der Waals surface area (Å²) in [6.45, 7) is 4.45. The molecule has 0 radical (unpaired) electrons. The van der Waals surface area contributed by atoms with E-state index in [2.05, 4.69) is 12.2 Å². The Kier molecular flexibility index (Phi) is 6.05. The van der Waals surface area contributed by atoms with Gasteiger partial charge >= 0.3 is 6.09 Å². The topological polar surface area (TPSA) is 47.6 Å². The van der Waals surface area contributed by atoms with Crippen LogP contribution in [0.2, 0.25) is 0 Å². The van der Waals surface area contributed by atoms with Gasteiger partial charge in [-0.1, -0.05) is 25.5 Å². The van der Waals surface area contributed by atoms with E-state index in [-0.39, 0.29) is 12.1 Å². The van der Waals surface area contributed by atoms with Crippen LogP contribution in [-0.4, -0.2) is 19.8 Å². The first-order valence-electron chi connectivity index (χ1n) is 6.24. The third kappa shape index (κ3) is 4.65. The van der Waals surface area contributed by atoms with Crippen LogP contribution in [0.3, 0.4) is 0 Å². The predicted octanol–water partition coefficient (Wildman–Crippen LogP) is 3.28. The first kappa shape index (κ1) is 14.4. The van der Waals surface area contributed by atoms with E-state index in [1.807, 2.05) is 31.2 Å². The zero-order valence-corrected chi connectivity index (χ0v) is 11.2. The largest absolute Gasteiger partial charge is 0.497 e. The number of carbonyl (C=O) groups is 1. The van der Waals surface area contributed by atoms with Gasteiger partial charge in [-0.3, -0.25) is 0 Å². The van der Waals surface area contributed by atoms with Crippen molar-refractivity contribution in [3.05, 3.63) is 29.8 Å². The molecule has 1 N–H and O–H groups in total. The van der Waals surface area contributed by atoms with Crippen LogP contribution >= 0.6 is 0 Å². The third-order valence-corrected chi connectivity index (χ3v) is 2.68. The normalized spacial score (nSPS) is 11.7. The smallest absolute Gasteiger partial charge is 0.407 e. The summed E-state index contributed by atoms with van der Waals surface area (Å²) in [6.07, 6.45) is 1.54. The molecule has 0 aromatic heterocycles. The fraction of sp³-hybridized carbons (Fsp3) is 0.500. The van der Waals surface area contributed by atoms with Crippen LogP contribution in [-0.2, 0) is 4.74 Å². The SMILES string of the molecule is CCCCOC(=O)N[C@@H](C)c1ccc(OC)cc1. The minimum Gasteiger partial charge on any atom is -0.497 e. The van der Waals surface area contributed by atoms with Gasteiger partial charge in [0, 0.05) is 0 Å². The maximum Gasteiger partial charge on any atom is 0.407 e. The van der Waals surface area contributed by atoms with E-state index in [4.69, 9.17) is 9.47 Å². The summed E-state index contributed by atoms with van der Waals surface area (Å²) in [6, 6.07) is 7.52. The number of amides is 1. The van der Waals surface area contributed by atoms with Crippen LogP contribution in [0, 0.1) is 0 Å². The number of hydrogen-bond donors (Lipinski definition) is 1. The number of carbonyl (C=O) groups excluding carboxylic acids is 1. The third-order valence-electron chi connectivity index (χ3n) is 2.68. The van der Waals surface area contributed by atoms with Gasteiger partial charge in [-0.25, -0.2) is 4.79 Å². The van der Waals surface area contributed by atoms with Crippen LogP contribution in [0.1, 0.15) is 38.3 Å². The Morgan fingerprint density at radius 3 is 2.56 bits per heavy atom. The van der Waals surface area contributed by atoms with Gasteiger partial charge in [-0.15, -0.1) is 0 Å². The first-order valence-corrected chi connectivity index (χ1v) is 6.24. The lowest BCUT2D eigenvalue weighted by molar-refractivity contribution is 0.141. The fourth-order valence-electron chi connectivity index (χ4n) is 1.50. The quantitative estimate of drug-likeness (QED) is 0.789. The number of benzene rings is 1. The second-order valence-electron chi connectivity index (χ2n) is 4.13. The number of hydrogen-bond acceptors (Lipinski definition) is 3. The van der Waals surface area contributed by atoms with Gasteiger partial charge in [0.2, 0.25) is 0 Å². The standard InChI is InChI=1S/C14H21NO3/c1-4-5-10-18-14(16)15-11(2)12-6-8-13(17-3)9-7-12/h6-9,11H,4-5,10H2,1-3H3,(H,15,16)/t11-/m0/s1. The zero-order chi connectivity index (χ0) is 13.4. The molecule has 0 unspecified atom stereocenters. The number of nitrogens with one attached hydrogen (secondary N) is 1. The molecule has 1 rings (SSSR count). The van der Waals surface area contributed by atoms with E-state index < -0.39 is 0 Å². The van der Waals surface area contributed by atoms with Gasteiger partial charge in [-0.05, 0) is 31.0 Å². The van der Waals surface area contributed by atoms with Gasteiger partial charge in [0.15, 0.2) is 0 Å². The average molecular weight is 251 g/mol. The van der Waals surface area contributed by atoms with Gasteiger partial charge < -0.3 is 14.8 Å². The molecule has 0 heterocycles. The summed E-state index contributed by atoms with van der Waals surface area (Å²) < 4.78 is 10.1. The van der Waals surface area contributed by atoms with Crippen molar-refractivity contribution in [3.63, 3.8) is 0 Å². The van der Waals surface area contributed by atoms with Crippen LogP contribution < -0.4 is 10.1 Å². The minimum absolute atomic E-state index is 0.0787. The minimum atomic E-state index is -0.369. The summed E-state index contributed by atoms with van der Waals surface area (Å²) in [5, 5.41) is 2.79. The Hall–Kier alpha value is -1.71. The maximum absolute atomic E-state index is 11.5. The Morgan fingerprint density at radius 1 is 1.33 bits per heavy atom. The molecule has 4 heteroatoms. The molecule has 100 valence electrons. The average Bonchev–Trinajstić information content (AvgIpc) is 2.39. The molecule has 0 aliphatic heterocycles. The van der Waals surface area contributed by atoms with Crippen molar-refractivity contribution < 1.29 is 14.3 Å². The van der Waals surface area contributed by atoms with Crippen molar-refractivity contribution in [1.29, 1.82) is 0 Å². The lowest BCUT2D eigenvalue weighted by Crippen LogP contribution is -2.27. The van der Waals surface area contributed by atoms with E-state index in [9.17, 15) is 4.79 Å². The second-order valence-corrected chi connectivity index (χ2v) is 4.13. The first-order chi connectivity index (χ1) is 8.67. The highest BCUT2D eigenvalue weighted by atomic mass is 16.5. The van der Waals surface area contributed by atoms with E-state index in [0.29, 0.717) is 6.61 Å². The van der Waals surface area contributed by atoms with Crippen LogP contribution in [0.5, 0.6) is 5.75 Å². The number of methoxy groups -OCH3 is 1. The Labute approximate surface area is 108 Å². The molecule has 0 spiro atoms. The maximum atomic E-state index is 11.5. The zero-order valence-electron chi connectivity index (χ0n) is 11.2. The highest BCUT2D eigenvalue weighted by Crippen LogP contribution is 2.17. The van der Waals surface area contributed by atoms with Crippen LogP contribution in [0.4, 0.5) is 4.79 Å². The highest BCUT2D eigenvalue weighted by Gasteiger charge is 2.10. The van der Waals surface area contributed by atoms with Crippen molar-refractivity contribution >= 4 is 6.09 Å². The lowest BCUT2D eigenvalue weighted by atomic mass is 10.1. The van der Waals surface area contributed by atoms with Crippen LogP contribution in [0.25, 0.3) is 0 Å². The van der Waals surface area contributed by atoms with E-state index in [0.717, 1.165) is 24.2 Å². The molecule has 4 nitrogen and oxygen atoms in total. The summed E-state index contributed by atoms with van der Waals surface area (Å²) >= 11 is 0.